The van der Waals surface area contributed by atoms with Crippen molar-refractivity contribution in [1.29, 1.82) is 0 Å². The van der Waals surface area contributed by atoms with Crippen LogP contribution in [0.4, 0.5) is 0 Å². The van der Waals surface area contributed by atoms with Gasteiger partial charge in [0.2, 0.25) is 0 Å². The first-order valence-electron chi connectivity index (χ1n) is 4.95. The number of carboxylic acid groups (broad SMARTS) is 1. The van der Waals surface area contributed by atoms with Crippen LogP contribution < -0.4 is 5.32 Å². The Hall–Kier alpha value is -2.28. The first-order valence-corrected chi connectivity index (χ1v) is 4.95. The summed E-state index contributed by atoms with van der Waals surface area (Å²) in [5, 5.41) is 11.3. The van der Waals surface area contributed by atoms with Crippen LogP contribution in [0.2, 0.25) is 0 Å². The fourth-order valence-electron chi connectivity index (χ4n) is 1.11. The smallest absolute Gasteiger partial charge is 0.328 e. The predicted octanol–water partition coefficient (Wildman–Crippen LogP) is 1.22. The highest BCUT2D eigenvalue weighted by Gasteiger charge is 2.29. The fourth-order valence-corrected chi connectivity index (χ4v) is 1.11. The molecule has 0 aromatic heterocycles. The van der Waals surface area contributed by atoms with Gasteiger partial charge in [0.15, 0.2) is 0 Å². The van der Waals surface area contributed by atoms with Gasteiger partial charge in [-0.05, 0) is 44.5 Å². The van der Waals surface area contributed by atoms with Crippen molar-refractivity contribution in [1.82, 2.24) is 5.32 Å². The molecule has 1 aromatic carbocycles. The molecular formula is C13H12NO3. The average molecular weight is 230 g/mol. The summed E-state index contributed by atoms with van der Waals surface area (Å²) in [6.45, 7) is 2.82. The van der Waals surface area contributed by atoms with E-state index in [1.54, 1.807) is 12.1 Å². The quantitative estimate of drug-likeness (QED) is 0.767. The Kier molecular flexibility index (Phi) is 3.54. The van der Waals surface area contributed by atoms with Crippen molar-refractivity contribution in [2.45, 2.75) is 19.4 Å². The summed E-state index contributed by atoms with van der Waals surface area (Å²) in [6, 6.07) is 6.17. The Morgan fingerprint density at radius 1 is 1.29 bits per heavy atom. The summed E-state index contributed by atoms with van der Waals surface area (Å²) in [7, 11) is 0. The minimum atomic E-state index is -1.32. The van der Waals surface area contributed by atoms with E-state index in [1.165, 1.54) is 26.0 Å². The van der Waals surface area contributed by atoms with E-state index < -0.39 is 17.4 Å². The van der Waals surface area contributed by atoms with Crippen molar-refractivity contribution in [3.05, 3.63) is 41.8 Å². The number of hydrogen-bond acceptors (Lipinski definition) is 2. The molecule has 0 atom stereocenters. The van der Waals surface area contributed by atoms with Crippen LogP contribution in [-0.2, 0) is 4.79 Å². The van der Waals surface area contributed by atoms with Crippen molar-refractivity contribution < 1.29 is 14.7 Å². The van der Waals surface area contributed by atoms with Crippen molar-refractivity contribution >= 4 is 11.9 Å². The van der Waals surface area contributed by atoms with Crippen LogP contribution in [0.1, 0.15) is 29.8 Å². The average Bonchev–Trinajstić information content (AvgIpc) is 2.28. The van der Waals surface area contributed by atoms with Crippen LogP contribution in [0.15, 0.2) is 24.3 Å². The second-order valence-electron chi connectivity index (χ2n) is 4.09. The maximum atomic E-state index is 11.7. The highest BCUT2D eigenvalue weighted by molar-refractivity contribution is 5.97. The van der Waals surface area contributed by atoms with Gasteiger partial charge in [-0.2, -0.15) is 0 Å². The fraction of sp³-hybridized carbons (Fsp3) is 0.231. The molecule has 1 amide bonds. The van der Waals surface area contributed by atoms with Gasteiger partial charge in [0.1, 0.15) is 5.54 Å². The van der Waals surface area contributed by atoms with Crippen LogP contribution in [0, 0.1) is 12.3 Å². The van der Waals surface area contributed by atoms with Gasteiger partial charge in [-0.25, -0.2) is 4.79 Å². The molecule has 0 fully saturated rings. The van der Waals surface area contributed by atoms with Gasteiger partial charge in [-0.3, -0.25) is 4.79 Å². The summed E-state index contributed by atoms with van der Waals surface area (Å²) in [4.78, 5) is 22.6. The van der Waals surface area contributed by atoms with Crippen LogP contribution in [0.3, 0.4) is 0 Å². The molecule has 17 heavy (non-hydrogen) atoms. The third-order valence-corrected chi connectivity index (χ3v) is 2.25. The van der Waals surface area contributed by atoms with Gasteiger partial charge in [0.25, 0.3) is 5.91 Å². The molecule has 0 aliphatic heterocycles. The molecule has 1 rings (SSSR count). The standard InChI is InChI=1S/C13H12NO3/c1-4-9-5-7-10(8-6-9)11(15)14-13(2,3)12(16)17/h5-8H,2-3H3,(H,14,15)(H,16,17). The first kappa shape index (κ1) is 12.8. The molecule has 0 saturated heterocycles. The number of carbonyl (C=O) groups is 2. The number of aliphatic carboxylic acids is 1. The SMILES string of the molecule is [C]#Cc1ccc(C(=O)NC(C)(C)C(=O)O)cc1. The van der Waals surface area contributed by atoms with E-state index in [0.29, 0.717) is 11.1 Å². The summed E-state index contributed by atoms with van der Waals surface area (Å²) >= 11 is 0. The van der Waals surface area contributed by atoms with Crippen molar-refractivity contribution in [3.8, 4) is 5.92 Å². The van der Waals surface area contributed by atoms with Crippen molar-refractivity contribution in [2.75, 3.05) is 0 Å². The molecule has 1 aromatic rings. The summed E-state index contributed by atoms with van der Waals surface area (Å²) in [6.07, 6.45) is 6.89. The Bertz CT molecular complexity index is 480. The third-order valence-electron chi connectivity index (χ3n) is 2.25. The lowest BCUT2D eigenvalue weighted by Gasteiger charge is -2.20. The Morgan fingerprint density at radius 3 is 2.24 bits per heavy atom. The Labute approximate surface area is 99.7 Å². The minimum Gasteiger partial charge on any atom is -0.480 e. The normalized spacial score (nSPS) is 10.4. The zero-order chi connectivity index (χ0) is 13.1. The molecule has 4 nitrogen and oxygen atoms in total. The molecule has 0 aliphatic carbocycles. The lowest BCUT2D eigenvalue weighted by molar-refractivity contribution is -0.143. The topological polar surface area (TPSA) is 66.4 Å². The molecule has 0 spiro atoms. The summed E-state index contributed by atoms with van der Waals surface area (Å²) in [5.41, 5.74) is -0.416. The number of nitrogens with one attached hydrogen (secondary N) is 1. The van der Waals surface area contributed by atoms with E-state index in [0.717, 1.165) is 0 Å². The van der Waals surface area contributed by atoms with Crippen LogP contribution in [0.5, 0.6) is 0 Å². The molecule has 87 valence electrons. The van der Waals surface area contributed by atoms with Crippen molar-refractivity contribution in [2.24, 2.45) is 0 Å². The first-order chi connectivity index (χ1) is 7.86. The van der Waals surface area contributed by atoms with Gasteiger partial charge < -0.3 is 10.4 Å². The molecule has 0 unspecified atom stereocenters. The van der Waals surface area contributed by atoms with E-state index in [4.69, 9.17) is 11.5 Å². The highest BCUT2D eigenvalue weighted by Crippen LogP contribution is 2.07. The number of rotatable bonds is 3. The van der Waals surface area contributed by atoms with Crippen LogP contribution >= 0.6 is 0 Å². The second kappa shape index (κ2) is 4.71. The van der Waals surface area contributed by atoms with E-state index in [-0.39, 0.29) is 0 Å². The largest absolute Gasteiger partial charge is 0.480 e. The number of carbonyl (C=O) groups excluding carboxylic acids is 1. The molecule has 1 radical (unpaired) electrons. The Balaban J connectivity index is 2.84. The zero-order valence-corrected chi connectivity index (χ0v) is 9.57. The van der Waals surface area contributed by atoms with Gasteiger partial charge in [-0.15, -0.1) is 0 Å². The van der Waals surface area contributed by atoms with E-state index >= 15 is 0 Å². The third kappa shape index (κ3) is 3.08. The lowest BCUT2D eigenvalue weighted by atomic mass is 10.0. The second-order valence-corrected chi connectivity index (χ2v) is 4.09. The Morgan fingerprint density at radius 2 is 1.82 bits per heavy atom. The number of benzene rings is 1. The van der Waals surface area contributed by atoms with Gasteiger partial charge in [0.05, 0.1) is 0 Å². The maximum absolute atomic E-state index is 11.7. The lowest BCUT2D eigenvalue weighted by Crippen LogP contribution is -2.49. The summed E-state index contributed by atoms with van der Waals surface area (Å²) < 4.78 is 0. The van der Waals surface area contributed by atoms with E-state index in [2.05, 4.69) is 11.2 Å². The predicted molar refractivity (Wildman–Crippen MR) is 61.9 cm³/mol. The van der Waals surface area contributed by atoms with Crippen LogP contribution in [0.25, 0.3) is 0 Å². The highest BCUT2D eigenvalue weighted by atomic mass is 16.4. The van der Waals surface area contributed by atoms with Crippen molar-refractivity contribution in [3.63, 3.8) is 0 Å². The molecule has 0 saturated carbocycles. The molecule has 0 heterocycles. The number of amides is 1. The van der Waals surface area contributed by atoms with Gasteiger partial charge in [0, 0.05) is 11.1 Å². The number of hydrogen-bond donors (Lipinski definition) is 2. The molecule has 0 aliphatic rings. The van der Waals surface area contributed by atoms with E-state index in [1.807, 2.05) is 0 Å². The van der Waals surface area contributed by atoms with Crippen LogP contribution in [-0.4, -0.2) is 22.5 Å². The summed E-state index contributed by atoms with van der Waals surface area (Å²) in [5.74, 6) is 0.618. The number of carboxylic acids is 1. The molecule has 2 N–H and O–H groups in total. The van der Waals surface area contributed by atoms with Gasteiger partial charge >= 0.3 is 5.97 Å². The molecule has 4 heteroatoms. The minimum absolute atomic E-state index is 0.346. The van der Waals surface area contributed by atoms with E-state index in [9.17, 15) is 9.59 Å². The monoisotopic (exact) mass is 230 g/mol. The zero-order valence-electron chi connectivity index (χ0n) is 9.57. The molecule has 0 bridgehead atoms. The van der Waals surface area contributed by atoms with Gasteiger partial charge in [-0.1, -0.05) is 5.92 Å². The molecular weight excluding hydrogens is 218 g/mol. The maximum Gasteiger partial charge on any atom is 0.328 e.